The van der Waals surface area contributed by atoms with Crippen LogP contribution in [-0.2, 0) is 6.54 Å². The summed E-state index contributed by atoms with van der Waals surface area (Å²) >= 11 is 6.78. The van der Waals surface area contributed by atoms with Crippen LogP contribution in [-0.4, -0.2) is 0 Å². The molecule has 0 unspecified atom stereocenters. The quantitative estimate of drug-likeness (QED) is 0.785. The highest BCUT2D eigenvalue weighted by Crippen LogP contribution is 2.26. The van der Waals surface area contributed by atoms with Crippen LogP contribution < -0.4 is 5.32 Å². The second kappa shape index (κ2) is 5.80. The molecule has 18 heavy (non-hydrogen) atoms. The third kappa shape index (κ3) is 3.29. The van der Waals surface area contributed by atoms with Gasteiger partial charge >= 0.3 is 0 Å². The summed E-state index contributed by atoms with van der Waals surface area (Å²) in [4.78, 5) is 0. The van der Waals surface area contributed by atoms with Crippen molar-refractivity contribution >= 4 is 37.5 Å². The largest absolute Gasteiger partial charge is 0.380 e. The Morgan fingerprint density at radius 3 is 2.39 bits per heavy atom. The van der Waals surface area contributed by atoms with Crippen molar-refractivity contribution in [1.82, 2.24) is 0 Å². The van der Waals surface area contributed by atoms with Crippen LogP contribution in [0.15, 0.2) is 45.3 Å². The minimum Gasteiger partial charge on any atom is -0.380 e. The van der Waals surface area contributed by atoms with Gasteiger partial charge in [0, 0.05) is 21.2 Å². The molecule has 0 aromatic heterocycles. The minimum atomic E-state index is -0.830. The number of hydrogen-bond acceptors (Lipinski definition) is 1. The zero-order valence-electron chi connectivity index (χ0n) is 9.18. The molecule has 0 amide bonds. The lowest BCUT2D eigenvalue weighted by molar-refractivity contribution is 0.507. The molecule has 0 heterocycles. The topological polar surface area (TPSA) is 12.0 Å². The number of benzene rings is 2. The highest BCUT2D eigenvalue weighted by molar-refractivity contribution is 9.11. The Kier molecular flexibility index (Phi) is 4.35. The first kappa shape index (κ1) is 13.5. The molecule has 5 heteroatoms. The molecule has 0 saturated carbocycles. The number of halogens is 4. The van der Waals surface area contributed by atoms with Crippen molar-refractivity contribution in [2.75, 3.05) is 5.32 Å². The number of nitrogens with one attached hydrogen (secondary N) is 1. The zero-order valence-corrected chi connectivity index (χ0v) is 12.4. The Balaban J connectivity index is 2.09. The molecule has 2 aromatic rings. The van der Waals surface area contributed by atoms with Gasteiger partial charge in [-0.05, 0) is 51.8 Å². The monoisotopic (exact) mass is 375 g/mol. The molecule has 0 bridgehead atoms. The first-order valence-corrected chi connectivity index (χ1v) is 6.78. The lowest BCUT2D eigenvalue weighted by atomic mass is 10.2. The third-order valence-corrected chi connectivity index (χ3v) is 3.55. The van der Waals surface area contributed by atoms with Gasteiger partial charge < -0.3 is 5.32 Å². The van der Waals surface area contributed by atoms with Gasteiger partial charge in [-0.25, -0.2) is 8.78 Å². The van der Waals surface area contributed by atoms with E-state index in [1.165, 1.54) is 6.07 Å². The van der Waals surface area contributed by atoms with Crippen molar-refractivity contribution < 1.29 is 8.78 Å². The highest BCUT2D eigenvalue weighted by atomic mass is 79.9. The lowest BCUT2D eigenvalue weighted by Crippen LogP contribution is -2.01. The van der Waals surface area contributed by atoms with Gasteiger partial charge in [0.1, 0.15) is 0 Å². The fraction of sp³-hybridized carbons (Fsp3) is 0.0769. The van der Waals surface area contributed by atoms with E-state index < -0.39 is 11.6 Å². The molecule has 0 radical (unpaired) electrons. The van der Waals surface area contributed by atoms with Gasteiger partial charge in [-0.2, -0.15) is 0 Å². The Morgan fingerprint density at radius 1 is 0.944 bits per heavy atom. The number of rotatable bonds is 3. The smallest absolute Gasteiger partial charge is 0.159 e. The van der Waals surface area contributed by atoms with E-state index in [-0.39, 0.29) is 0 Å². The molecule has 1 N–H and O–H groups in total. The Hall–Kier alpha value is -0.940. The maximum absolute atomic E-state index is 13.0. The first-order valence-electron chi connectivity index (χ1n) is 5.19. The SMILES string of the molecule is Fc1ccc(CNc2ccc(Br)cc2Br)cc1F. The summed E-state index contributed by atoms with van der Waals surface area (Å²) in [5, 5.41) is 3.15. The van der Waals surface area contributed by atoms with Crippen LogP contribution in [0.25, 0.3) is 0 Å². The van der Waals surface area contributed by atoms with Gasteiger partial charge in [-0.3, -0.25) is 0 Å². The Bertz CT molecular complexity index is 573. The predicted molar refractivity (Wildman–Crippen MR) is 75.5 cm³/mol. The molecule has 94 valence electrons. The van der Waals surface area contributed by atoms with Crippen molar-refractivity contribution in [2.45, 2.75) is 6.54 Å². The molecule has 2 rings (SSSR count). The second-order valence-corrected chi connectivity index (χ2v) is 5.50. The highest BCUT2D eigenvalue weighted by Gasteiger charge is 2.04. The minimum absolute atomic E-state index is 0.428. The summed E-state index contributed by atoms with van der Waals surface area (Å²) in [6.07, 6.45) is 0. The van der Waals surface area contributed by atoms with E-state index in [1.54, 1.807) is 6.07 Å². The molecule has 0 atom stereocenters. The van der Waals surface area contributed by atoms with Gasteiger partial charge in [0.05, 0.1) is 0 Å². The molecule has 0 spiro atoms. The second-order valence-electron chi connectivity index (χ2n) is 3.73. The summed E-state index contributed by atoms with van der Waals surface area (Å²) in [7, 11) is 0. The third-order valence-electron chi connectivity index (χ3n) is 2.40. The summed E-state index contributed by atoms with van der Waals surface area (Å²) in [5.74, 6) is -1.66. The summed E-state index contributed by atoms with van der Waals surface area (Å²) in [5.41, 5.74) is 1.58. The lowest BCUT2D eigenvalue weighted by Gasteiger charge is -2.09. The molecule has 1 nitrogen and oxygen atoms in total. The van der Waals surface area contributed by atoms with Crippen molar-refractivity contribution in [2.24, 2.45) is 0 Å². The number of anilines is 1. The van der Waals surface area contributed by atoms with Crippen molar-refractivity contribution in [3.63, 3.8) is 0 Å². The van der Waals surface area contributed by atoms with E-state index in [0.717, 1.165) is 20.7 Å². The van der Waals surface area contributed by atoms with E-state index >= 15 is 0 Å². The van der Waals surface area contributed by atoms with Gasteiger partial charge in [-0.1, -0.05) is 22.0 Å². The number of hydrogen-bond donors (Lipinski definition) is 1. The fourth-order valence-corrected chi connectivity index (χ4v) is 2.67. The maximum atomic E-state index is 13.0. The van der Waals surface area contributed by atoms with E-state index in [9.17, 15) is 8.78 Å². The molecule has 2 aromatic carbocycles. The van der Waals surface area contributed by atoms with E-state index in [1.807, 2.05) is 18.2 Å². The zero-order chi connectivity index (χ0) is 13.1. The van der Waals surface area contributed by atoms with Gasteiger partial charge in [0.2, 0.25) is 0 Å². The average Bonchev–Trinajstić information content (AvgIpc) is 2.32. The standard InChI is InChI=1S/C13H9Br2F2N/c14-9-2-4-13(10(15)6-9)18-7-8-1-3-11(16)12(17)5-8/h1-6,18H,7H2. The van der Waals surface area contributed by atoms with Crippen LogP contribution in [0, 0.1) is 11.6 Å². The molecule has 0 saturated heterocycles. The maximum Gasteiger partial charge on any atom is 0.159 e. The van der Waals surface area contributed by atoms with Crippen molar-refractivity contribution in [3.05, 3.63) is 62.5 Å². The molecular formula is C13H9Br2F2N. The average molecular weight is 377 g/mol. The van der Waals surface area contributed by atoms with E-state index in [2.05, 4.69) is 37.2 Å². The normalized spacial score (nSPS) is 10.4. The van der Waals surface area contributed by atoms with E-state index in [4.69, 9.17) is 0 Å². The molecule has 0 aliphatic carbocycles. The van der Waals surface area contributed by atoms with Gasteiger partial charge in [-0.15, -0.1) is 0 Å². The van der Waals surface area contributed by atoms with Crippen molar-refractivity contribution in [1.29, 1.82) is 0 Å². The molecular weight excluding hydrogens is 368 g/mol. The van der Waals surface area contributed by atoms with Crippen LogP contribution in [0.3, 0.4) is 0 Å². The Morgan fingerprint density at radius 2 is 1.72 bits per heavy atom. The molecule has 0 aliphatic rings. The fourth-order valence-electron chi connectivity index (χ4n) is 1.48. The van der Waals surface area contributed by atoms with Gasteiger partial charge in [0.25, 0.3) is 0 Å². The van der Waals surface area contributed by atoms with Crippen molar-refractivity contribution in [3.8, 4) is 0 Å². The van der Waals surface area contributed by atoms with Crippen LogP contribution in [0.2, 0.25) is 0 Å². The molecule has 0 aliphatic heterocycles. The first-order chi connectivity index (χ1) is 8.56. The van der Waals surface area contributed by atoms with Crippen LogP contribution in [0.5, 0.6) is 0 Å². The van der Waals surface area contributed by atoms with Crippen LogP contribution in [0.4, 0.5) is 14.5 Å². The summed E-state index contributed by atoms with van der Waals surface area (Å²) < 4.78 is 27.6. The Labute approximate surface area is 120 Å². The summed E-state index contributed by atoms with van der Waals surface area (Å²) in [6.45, 7) is 0.428. The summed E-state index contributed by atoms with van der Waals surface area (Å²) in [6, 6.07) is 9.58. The van der Waals surface area contributed by atoms with Gasteiger partial charge in [0.15, 0.2) is 11.6 Å². The predicted octanol–water partition coefficient (Wildman–Crippen LogP) is 5.10. The van der Waals surface area contributed by atoms with E-state index in [0.29, 0.717) is 12.1 Å². The molecule has 0 fully saturated rings. The van der Waals surface area contributed by atoms with Crippen LogP contribution in [0.1, 0.15) is 5.56 Å². The van der Waals surface area contributed by atoms with Crippen LogP contribution >= 0.6 is 31.9 Å².